The minimum Gasteiger partial charge on any atom is -0.480 e. The summed E-state index contributed by atoms with van der Waals surface area (Å²) < 4.78 is 0. The van der Waals surface area contributed by atoms with E-state index in [0.717, 1.165) is 5.56 Å². The van der Waals surface area contributed by atoms with Gasteiger partial charge in [-0.2, -0.15) is 0 Å². The Bertz CT molecular complexity index is 450. The Morgan fingerprint density at radius 1 is 1.53 bits per heavy atom. The monoisotopic (exact) mass is 265 g/mol. The number of urea groups is 1. The molecule has 0 aliphatic heterocycles. The highest BCUT2D eigenvalue weighted by Crippen LogP contribution is 2.12. The Balaban J connectivity index is 2.63. The predicted octanol–water partition coefficient (Wildman–Crippen LogP) is 1.70. The summed E-state index contributed by atoms with van der Waals surface area (Å²) >= 11 is 0. The van der Waals surface area contributed by atoms with E-state index in [-0.39, 0.29) is 6.04 Å². The van der Waals surface area contributed by atoms with Crippen molar-refractivity contribution in [2.24, 2.45) is 0 Å². The second kappa shape index (κ2) is 6.17. The maximum atomic E-state index is 11.8. The molecule has 0 saturated carbocycles. The van der Waals surface area contributed by atoms with E-state index in [4.69, 9.17) is 5.11 Å². The summed E-state index contributed by atoms with van der Waals surface area (Å²) in [6.45, 7) is 4.99. The van der Waals surface area contributed by atoms with Gasteiger partial charge < -0.3 is 15.7 Å². The lowest BCUT2D eigenvalue weighted by molar-refractivity contribution is -0.143. The highest BCUT2D eigenvalue weighted by molar-refractivity contribution is 5.85. The number of pyridine rings is 1. The summed E-state index contributed by atoms with van der Waals surface area (Å²) in [5.41, 5.74) is -0.412. The number of aliphatic carboxylic acids is 1. The first-order chi connectivity index (χ1) is 8.89. The maximum Gasteiger partial charge on any atom is 0.329 e. The Hall–Kier alpha value is -2.11. The molecular weight excluding hydrogens is 246 g/mol. The molecule has 1 heterocycles. The summed E-state index contributed by atoms with van der Waals surface area (Å²) in [6, 6.07) is 2.86. The number of nitrogens with zero attached hydrogens (tertiary/aromatic N) is 1. The van der Waals surface area contributed by atoms with Gasteiger partial charge in [0.25, 0.3) is 0 Å². The molecule has 0 bridgehead atoms. The molecule has 2 amide bonds. The zero-order valence-corrected chi connectivity index (χ0v) is 11.3. The number of rotatable bonds is 5. The lowest BCUT2D eigenvalue weighted by Gasteiger charge is -2.26. The number of carboxylic acid groups (broad SMARTS) is 1. The molecular formula is C13H19N3O3. The third-order valence-corrected chi connectivity index (χ3v) is 3.10. The van der Waals surface area contributed by atoms with E-state index < -0.39 is 17.5 Å². The number of nitrogens with one attached hydrogen (secondary N) is 2. The molecule has 0 fully saturated rings. The van der Waals surface area contributed by atoms with Crippen LogP contribution in [-0.2, 0) is 4.79 Å². The van der Waals surface area contributed by atoms with Gasteiger partial charge in [0.1, 0.15) is 5.54 Å². The fourth-order valence-corrected chi connectivity index (χ4v) is 1.49. The first-order valence-electron chi connectivity index (χ1n) is 6.11. The minimum atomic E-state index is -1.27. The summed E-state index contributed by atoms with van der Waals surface area (Å²) in [4.78, 5) is 26.9. The van der Waals surface area contributed by atoms with Crippen LogP contribution >= 0.6 is 0 Å². The van der Waals surface area contributed by atoms with Gasteiger partial charge in [0.2, 0.25) is 0 Å². The van der Waals surface area contributed by atoms with Gasteiger partial charge in [-0.25, -0.2) is 9.59 Å². The third kappa shape index (κ3) is 3.94. The summed E-state index contributed by atoms with van der Waals surface area (Å²) in [7, 11) is 0. The van der Waals surface area contributed by atoms with Crippen molar-refractivity contribution in [2.75, 3.05) is 0 Å². The molecule has 1 rings (SSSR count). The van der Waals surface area contributed by atoms with Crippen molar-refractivity contribution in [1.82, 2.24) is 15.6 Å². The highest BCUT2D eigenvalue weighted by atomic mass is 16.4. The fraction of sp³-hybridized carbons (Fsp3) is 0.462. The van der Waals surface area contributed by atoms with Crippen LogP contribution in [0.3, 0.4) is 0 Å². The quantitative estimate of drug-likeness (QED) is 0.755. The van der Waals surface area contributed by atoms with Gasteiger partial charge in [-0.1, -0.05) is 13.0 Å². The van der Waals surface area contributed by atoms with Gasteiger partial charge in [-0.05, 0) is 31.9 Å². The molecule has 0 saturated heterocycles. The average Bonchev–Trinajstić information content (AvgIpc) is 2.39. The lowest BCUT2D eigenvalue weighted by Crippen LogP contribution is -2.55. The van der Waals surface area contributed by atoms with Crippen LogP contribution in [0.5, 0.6) is 0 Å². The Morgan fingerprint density at radius 3 is 2.68 bits per heavy atom. The van der Waals surface area contributed by atoms with Gasteiger partial charge in [-0.15, -0.1) is 0 Å². The van der Waals surface area contributed by atoms with Crippen molar-refractivity contribution in [3.8, 4) is 0 Å². The summed E-state index contributed by atoms with van der Waals surface area (Å²) in [5.74, 6) is -1.06. The zero-order valence-electron chi connectivity index (χ0n) is 11.3. The smallest absolute Gasteiger partial charge is 0.329 e. The van der Waals surface area contributed by atoms with Crippen LogP contribution in [0, 0.1) is 0 Å². The fourth-order valence-electron chi connectivity index (χ4n) is 1.49. The zero-order chi connectivity index (χ0) is 14.5. The van der Waals surface area contributed by atoms with Crippen LogP contribution in [0.1, 0.15) is 38.8 Å². The number of hydrogen-bond donors (Lipinski definition) is 3. The largest absolute Gasteiger partial charge is 0.480 e. The number of carboxylic acids is 1. The van der Waals surface area contributed by atoms with Crippen LogP contribution in [0.25, 0.3) is 0 Å². The molecule has 6 heteroatoms. The normalized spacial score (nSPS) is 15.1. The molecule has 2 unspecified atom stereocenters. The van der Waals surface area contributed by atoms with Gasteiger partial charge in [-0.3, -0.25) is 4.98 Å². The molecule has 0 aliphatic rings. The maximum absolute atomic E-state index is 11.8. The van der Waals surface area contributed by atoms with E-state index in [2.05, 4.69) is 15.6 Å². The van der Waals surface area contributed by atoms with Crippen LogP contribution in [0.15, 0.2) is 24.5 Å². The molecule has 0 aromatic carbocycles. The second-order valence-corrected chi connectivity index (χ2v) is 4.60. The minimum absolute atomic E-state index is 0.247. The molecule has 1 aromatic rings. The third-order valence-electron chi connectivity index (χ3n) is 3.10. The van der Waals surface area contributed by atoms with E-state index in [9.17, 15) is 9.59 Å². The van der Waals surface area contributed by atoms with Crippen molar-refractivity contribution in [2.45, 2.75) is 38.8 Å². The summed E-state index contributed by atoms with van der Waals surface area (Å²) in [6.07, 6.45) is 3.60. The van der Waals surface area contributed by atoms with E-state index in [1.165, 1.54) is 6.92 Å². The number of hydrogen-bond acceptors (Lipinski definition) is 3. The van der Waals surface area contributed by atoms with Crippen LogP contribution in [0.4, 0.5) is 4.79 Å². The molecule has 2 atom stereocenters. The topological polar surface area (TPSA) is 91.3 Å². The molecule has 1 aromatic heterocycles. The van der Waals surface area contributed by atoms with E-state index in [1.54, 1.807) is 32.3 Å². The molecule has 6 nitrogen and oxygen atoms in total. The van der Waals surface area contributed by atoms with Crippen molar-refractivity contribution in [3.63, 3.8) is 0 Å². The average molecular weight is 265 g/mol. The van der Waals surface area contributed by atoms with E-state index in [1.807, 2.05) is 6.07 Å². The van der Waals surface area contributed by atoms with Gasteiger partial charge in [0.05, 0.1) is 6.04 Å². The van der Waals surface area contributed by atoms with Crippen LogP contribution < -0.4 is 10.6 Å². The Kier molecular flexibility index (Phi) is 4.86. The van der Waals surface area contributed by atoms with Gasteiger partial charge in [0, 0.05) is 12.4 Å². The van der Waals surface area contributed by atoms with Gasteiger partial charge >= 0.3 is 12.0 Å². The van der Waals surface area contributed by atoms with Crippen molar-refractivity contribution in [1.29, 1.82) is 0 Å². The van der Waals surface area contributed by atoms with E-state index >= 15 is 0 Å². The lowest BCUT2D eigenvalue weighted by atomic mass is 10.00. The van der Waals surface area contributed by atoms with Crippen molar-refractivity contribution in [3.05, 3.63) is 30.1 Å². The molecule has 3 N–H and O–H groups in total. The molecule has 0 spiro atoms. The molecule has 0 radical (unpaired) electrons. The first-order valence-corrected chi connectivity index (χ1v) is 6.11. The molecule has 104 valence electrons. The van der Waals surface area contributed by atoms with Crippen LogP contribution in [-0.4, -0.2) is 27.6 Å². The SMILES string of the molecule is CCC(C)(NC(=O)NC(C)c1cccnc1)C(=O)O. The predicted molar refractivity (Wildman–Crippen MR) is 70.7 cm³/mol. The number of aromatic nitrogens is 1. The molecule has 19 heavy (non-hydrogen) atoms. The van der Waals surface area contributed by atoms with Gasteiger partial charge in [0.15, 0.2) is 0 Å². The van der Waals surface area contributed by atoms with Crippen molar-refractivity contribution >= 4 is 12.0 Å². The van der Waals surface area contributed by atoms with E-state index in [0.29, 0.717) is 6.42 Å². The number of carbonyl (C=O) groups excluding carboxylic acids is 1. The van der Waals surface area contributed by atoms with Crippen molar-refractivity contribution < 1.29 is 14.7 Å². The molecule has 0 aliphatic carbocycles. The highest BCUT2D eigenvalue weighted by Gasteiger charge is 2.33. The standard InChI is InChI=1S/C13H19N3O3/c1-4-13(3,11(17)18)16-12(19)15-9(2)10-6-5-7-14-8-10/h5-9H,4H2,1-3H3,(H,17,18)(H2,15,16,19). The first kappa shape index (κ1) is 14.9. The number of amides is 2. The Morgan fingerprint density at radius 2 is 2.21 bits per heavy atom. The summed E-state index contributed by atoms with van der Waals surface area (Å²) in [5, 5.41) is 14.2. The van der Waals surface area contributed by atoms with Crippen LogP contribution in [0.2, 0.25) is 0 Å². The second-order valence-electron chi connectivity index (χ2n) is 4.60. The Labute approximate surface area is 112 Å². The number of carbonyl (C=O) groups is 2.